The van der Waals surface area contributed by atoms with Gasteiger partial charge in [-0.15, -0.1) is 0 Å². The molecule has 1 aliphatic rings. The molecule has 5 nitrogen and oxygen atoms in total. The number of carbonyl (C=O) groups excluding carboxylic acids is 2. The minimum Gasteiger partial charge on any atom is -0.460 e. The van der Waals surface area contributed by atoms with Crippen LogP contribution in [0.25, 0.3) is 0 Å². The molecule has 29 heavy (non-hydrogen) atoms. The van der Waals surface area contributed by atoms with Crippen LogP contribution in [0.15, 0.2) is 47.5 Å². The van der Waals surface area contributed by atoms with Gasteiger partial charge in [0.25, 0.3) is 5.91 Å². The minimum atomic E-state index is -0.918. The summed E-state index contributed by atoms with van der Waals surface area (Å²) < 4.78 is 5.50. The number of amides is 1. The number of aliphatic imine (C=N–C) groups is 1. The van der Waals surface area contributed by atoms with E-state index >= 15 is 0 Å². The number of fused-ring (bicyclic) bond motifs is 1. The van der Waals surface area contributed by atoms with Crippen LogP contribution in [0, 0.1) is 5.92 Å². The number of benzodiazepines with no additional fused rings is 1. The molecule has 0 saturated heterocycles. The van der Waals surface area contributed by atoms with Gasteiger partial charge >= 0.3 is 5.97 Å². The molecule has 0 aromatic heterocycles. The van der Waals surface area contributed by atoms with Crippen molar-refractivity contribution in [1.29, 1.82) is 0 Å². The predicted molar refractivity (Wildman–Crippen MR) is 116 cm³/mol. The number of carbonyl (C=O) groups is 2. The van der Waals surface area contributed by atoms with Crippen molar-refractivity contribution in [1.82, 2.24) is 0 Å². The van der Waals surface area contributed by atoms with Crippen LogP contribution in [0.5, 0.6) is 0 Å². The van der Waals surface area contributed by atoms with Crippen molar-refractivity contribution < 1.29 is 14.3 Å². The van der Waals surface area contributed by atoms with Crippen molar-refractivity contribution in [3.8, 4) is 0 Å². The van der Waals surface area contributed by atoms with Gasteiger partial charge < -0.3 is 10.1 Å². The SMILES string of the molecule is CC(=O)OC(CC(C)C)C1N=C(c2ccccc2Cl)c2cc(Cl)ccc2NC1=O. The first-order valence-electron chi connectivity index (χ1n) is 9.37. The number of nitrogens with zero attached hydrogens (tertiary/aromatic N) is 1. The summed E-state index contributed by atoms with van der Waals surface area (Å²) in [6.45, 7) is 5.33. The van der Waals surface area contributed by atoms with Gasteiger partial charge in [0.1, 0.15) is 6.10 Å². The quantitative estimate of drug-likeness (QED) is 0.665. The van der Waals surface area contributed by atoms with Gasteiger partial charge in [-0.2, -0.15) is 0 Å². The number of halogens is 2. The lowest BCUT2D eigenvalue weighted by molar-refractivity contribution is -0.149. The lowest BCUT2D eigenvalue weighted by atomic mass is 9.98. The Hall–Kier alpha value is -2.37. The largest absolute Gasteiger partial charge is 0.460 e. The highest BCUT2D eigenvalue weighted by Crippen LogP contribution is 2.31. The molecule has 0 radical (unpaired) electrons. The van der Waals surface area contributed by atoms with Gasteiger partial charge in [0.15, 0.2) is 6.04 Å². The maximum absolute atomic E-state index is 13.1. The molecular weight excluding hydrogens is 411 g/mol. The smallest absolute Gasteiger partial charge is 0.302 e. The molecule has 3 rings (SSSR count). The highest BCUT2D eigenvalue weighted by molar-refractivity contribution is 6.37. The topological polar surface area (TPSA) is 67.8 Å². The molecule has 1 heterocycles. The normalized spacial score (nSPS) is 17.1. The predicted octanol–water partition coefficient (Wildman–Crippen LogP) is 5.13. The molecule has 2 aromatic rings. The molecule has 0 fully saturated rings. The van der Waals surface area contributed by atoms with E-state index < -0.39 is 18.1 Å². The van der Waals surface area contributed by atoms with Crippen molar-refractivity contribution in [2.45, 2.75) is 39.3 Å². The van der Waals surface area contributed by atoms with Gasteiger partial charge in [-0.1, -0.05) is 55.2 Å². The lowest BCUT2D eigenvalue weighted by Crippen LogP contribution is -2.40. The van der Waals surface area contributed by atoms with Crippen LogP contribution in [0.3, 0.4) is 0 Å². The molecule has 7 heteroatoms. The Bertz CT molecular complexity index is 972. The van der Waals surface area contributed by atoms with Gasteiger partial charge in [-0.05, 0) is 36.6 Å². The highest BCUT2D eigenvalue weighted by atomic mass is 35.5. The van der Waals surface area contributed by atoms with E-state index in [2.05, 4.69) is 5.32 Å². The second-order valence-electron chi connectivity index (χ2n) is 7.36. The Morgan fingerprint density at radius 2 is 1.90 bits per heavy atom. The average Bonchev–Trinajstić information content (AvgIpc) is 2.77. The molecule has 0 bridgehead atoms. The standard InChI is InChI=1S/C22H22Cl2N2O3/c1-12(2)10-19(29-13(3)27)21-22(28)25-18-9-8-14(23)11-16(18)20(26-21)15-6-4-5-7-17(15)24/h4-9,11-12,19,21H,10H2,1-3H3,(H,25,28). The third kappa shape index (κ3) is 4.98. The maximum atomic E-state index is 13.1. The third-order valence-corrected chi connectivity index (χ3v) is 5.10. The van der Waals surface area contributed by atoms with Crippen molar-refractivity contribution in [3.63, 3.8) is 0 Å². The summed E-state index contributed by atoms with van der Waals surface area (Å²) in [6.07, 6.45) is -0.205. The molecule has 1 amide bonds. The average molecular weight is 433 g/mol. The first-order valence-corrected chi connectivity index (χ1v) is 10.1. The van der Waals surface area contributed by atoms with Crippen molar-refractivity contribution in [3.05, 3.63) is 63.6 Å². The summed E-state index contributed by atoms with van der Waals surface area (Å²) in [7, 11) is 0. The molecule has 0 spiro atoms. The molecule has 0 aliphatic carbocycles. The van der Waals surface area contributed by atoms with Crippen molar-refractivity contribution >= 4 is 46.5 Å². The summed E-state index contributed by atoms with van der Waals surface area (Å²) in [4.78, 5) is 29.5. The Morgan fingerprint density at radius 1 is 1.17 bits per heavy atom. The van der Waals surface area contributed by atoms with Crippen molar-refractivity contribution in [2.75, 3.05) is 5.32 Å². The van der Waals surface area contributed by atoms with Gasteiger partial charge in [0.2, 0.25) is 0 Å². The maximum Gasteiger partial charge on any atom is 0.302 e. The van der Waals surface area contributed by atoms with Gasteiger partial charge in [0.05, 0.1) is 11.4 Å². The molecule has 0 saturated carbocycles. The number of hydrogen-bond donors (Lipinski definition) is 1. The zero-order chi connectivity index (χ0) is 21.1. The fraction of sp³-hybridized carbons (Fsp3) is 0.318. The first kappa shape index (κ1) is 21.3. The van der Waals surface area contributed by atoms with E-state index in [0.29, 0.717) is 39.0 Å². The Morgan fingerprint density at radius 3 is 2.55 bits per heavy atom. The summed E-state index contributed by atoms with van der Waals surface area (Å²) in [5.41, 5.74) is 2.43. The van der Waals surface area contributed by atoms with Crippen LogP contribution in [0.2, 0.25) is 10.0 Å². The van der Waals surface area contributed by atoms with E-state index in [-0.39, 0.29) is 11.8 Å². The highest BCUT2D eigenvalue weighted by Gasteiger charge is 2.35. The number of rotatable bonds is 5. The van der Waals surface area contributed by atoms with Gasteiger partial charge in [-0.25, -0.2) is 0 Å². The Balaban J connectivity index is 2.19. The van der Waals surface area contributed by atoms with Crippen LogP contribution < -0.4 is 5.32 Å². The molecule has 1 N–H and O–H groups in total. The summed E-state index contributed by atoms with van der Waals surface area (Å²) in [5.74, 6) is -0.600. The Kier molecular flexibility index (Phi) is 6.60. The first-order chi connectivity index (χ1) is 13.8. The van der Waals surface area contributed by atoms with Crippen molar-refractivity contribution in [2.24, 2.45) is 10.9 Å². The van der Waals surface area contributed by atoms with E-state index in [1.165, 1.54) is 6.92 Å². The van der Waals surface area contributed by atoms with Crippen LogP contribution in [-0.2, 0) is 14.3 Å². The fourth-order valence-corrected chi connectivity index (χ4v) is 3.73. The van der Waals surface area contributed by atoms with Gasteiger partial charge in [-0.3, -0.25) is 14.6 Å². The fourth-order valence-electron chi connectivity index (χ4n) is 3.33. The summed E-state index contributed by atoms with van der Waals surface area (Å²) in [5, 5.41) is 3.91. The van der Waals surface area contributed by atoms with Crippen LogP contribution in [0.1, 0.15) is 38.3 Å². The number of ether oxygens (including phenoxy) is 1. The van der Waals surface area contributed by atoms with E-state index in [1.807, 2.05) is 32.0 Å². The lowest BCUT2D eigenvalue weighted by Gasteiger charge is -2.24. The number of esters is 1. The number of anilines is 1. The molecule has 2 aromatic carbocycles. The zero-order valence-corrected chi connectivity index (χ0v) is 17.9. The second-order valence-corrected chi connectivity index (χ2v) is 8.20. The summed E-state index contributed by atoms with van der Waals surface area (Å²) >= 11 is 12.7. The van der Waals surface area contributed by atoms with E-state index in [4.69, 9.17) is 32.9 Å². The molecule has 2 atom stereocenters. The van der Waals surface area contributed by atoms with Crippen LogP contribution in [-0.4, -0.2) is 29.7 Å². The third-order valence-electron chi connectivity index (χ3n) is 4.53. The number of hydrogen-bond acceptors (Lipinski definition) is 4. The van der Waals surface area contributed by atoms with E-state index in [1.54, 1.807) is 24.3 Å². The van der Waals surface area contributed by atoms with Crippen LogP contribution in [0.4, 0.5) is 5.69 Å². The van der Waals surface area contributed by atoms with E-state index in [0.717, 1.165) is 0 Å². The molecular formula is C22H22Cl2N2O3. The molecule has 152 valence electrons. The van der Waals surface area contributed by atoms with Crippen LogP contribution >= 0.6 is 23.2 Å². The monoisotopic (exact) mass is 432 g/mol. The van der Waals surface area contributed by atoms with E-state index in [9.17, 15) is 9.59 Å². The van der Waals surface area contributed by atoms with Gasteiger partial charge in [0, 0.05) is 28.1 Å². The Labute approximate surface area is 180 Å². The number of benzene rings is 2. The molecule has 2 unspecified atom stereocenters. The molecule has 1 aliphatic heterocycles. The minimum absolute atomic E-state index is 0.200. The second kappa shape index (κ2) is 8.97. The zero-order valence-electron chi connectivity index (χ0n) is 16.4. The summed E-state index contributed by atoms with van der Waals surface area (Å²) in [6, 6.07) is 11.5. The number of nitrogens with one attached hydrogen (secondary N) is 1.